The van der Waals surface area contributed by atoms with Gasteiger partial charge in [-0.25, -0.2) is 4.79 Å². The molecule has 2 aliphatic rings. The molecule has 13 heavy (non-hydrogen) atoms. The minimum Gasteiger partial charge on any atom is -0.326 e. The first-order valence-corrected chi connectivity index (χ1v) is 4.87. The minimum atomic E-state index is -0.270. The summed E-state index contributed by atoms with van der Waals surface area (Å²) in [4.78, 5) is 24.4. The molecule has 1 saturated carbocycles. The fraction of sp³-hybridized carbons (Fsp3) is 0.778. The monoisotopic (exact) mass is 182 g/mol. The van der Waals surface area contributed by atoms with Gasteiger partial charge in [0, 0.05) is 6.04 Å². The molecule has 0 aromatic heterocycles. The Hall–Kier alpha value is -1.06. The van der Waals surface area contributed by atoms with Crippen LogP contribution in [0.1, 0.15) is 32.6 Å². The standard InChI is InChI=1S/C9H14N2O2/c1-2-7-8(12)11(9(13)10-7)6-4-3-5-6/h6-7H,2-5H2,1H3,(H,10,13). The Morgan fingerprint density at radius 2 is 2.15 bits per heavy atom. The van der Waals surface area contributed by atoms with Crippen LogP contribution < -0.4 is 5.32 Å². The van der Waals surface area contributed by atoms with Gasteiger partial charge in [0.05, 0.1) is 0 Å². The Balaban J connectivity index is 2.09. The summed E-state index contributed by atoms with van der Waals surface area (Å²) in [6.45, 7) is 1.91. The van der Waals surface area contributed by atoms with E-state index in [1.807, 2.05) is 6.92 Å². The fourth-order valence-electron chi connectivity index (χ4n) is 1.82. The highest BCUT2D eigenvalue weighted by molar-refractivity contribution is 6.04. The van der Waals surface area contributed by atoms with Crippen molar-refractivity contribution in [1.29, 1.82) is 0 Å². The van der Waals surface area contributed by atoms with Gasteiger partial charge in [0.1, 0.15) is 6.04 Å². The average Bonchev–Trinajstić information content (AvgIpc) is 2.29. The molecule has 1 heterocycles. The first-order valence-electron chi connectivity index (χ1n) is 4.87. The minimum absolute atomic E-state index is 0.0304. The van der Waals surface area contributed by atoms with Crippen molar-refractivity contribution in [1.82, 2.24) is 10.2 Å². The number of amides is 3. The SMILES string of the molecule is CCC1NC(=O)N(C2CCC2)C1=O. The maximum Gasteiger partial charge on any atom is 0.325 e. The highest BCUT2D eigenvalue weighted by Gasteiger charge is 2.42. The van der Waals surface area contributed by atoms with Crippen molar-refractivity contribution in [2.45, 2.75) is 44.7 Å². The third kappa shape index (κ3) is 1.20. The van der Waals surface area contributed by atoms with E-state index in [1.54, 1.807) is 0 Å². The van der Waals surface area contributed by atoms with Crippen LogP contribution >= 0.6 is 0 Å². The normalized spacial score (nSPS) is 29.0. The Morgan fingerprint density at radius 3 is 2.54 bits per heavy atom. The third-order valence-electron chi connectivity index (χ3n) is 2.90. The quantitative estimate of drug-likeness (QED) is 0.644. The van der Waals surface area contributed by atoms with Gasteiger partial charge in [-0.1, -0.05) is 6.92 Å². The van der Waals surface area contributed by atoms with Gasteiger partial charge >= 0.3 is 6.03 Å². The molecule has 0 aromatic carbocycles. The summed E-state index contributed by atoms with van der Waals surface area (Å²) < 4.78 is 0. The van der Waals surface area contributed by atoms with Crippen molar-refractivity contribution < 1.29 is 9.59 Å². The van der Waals surface area contributed by atoms with Gasteiger partial charge in [0.25, 0.3) is 5.91 Å². The van der Waals surface area contributed by atoms with Gasteiger partial charge in [-0.3, -0.25) is 9.69 Å². The van der Waals surface area contributed by atoms with Crippen molar-refractivity contribution in [3.8, 4) is 0 Å². The van der Waals surface area contributed by atoms with Gasteiger partial charge < -0.3 is 5.32 Å². The first-order chi connectivity index (χ1) is 6.24. The van der Waals surface area contributed by atoms with Crippen LogP contribution in [0.3, 0.4) is 0 Å². The van der Waals surface area contributed by atoms with Crippen LogP contribution in [0.4, 0.5) is 4.79 Å². The third-order valence-corrected chi connectivity index (χ3v) is 2.90. The molecule has 1 unspecified atom stereocenters. The second-order valence-corrected chi connectivity index (χ2v) is 3.70. The van der Waals surface area contributed by atoms with Gasteiger partial charge in [-0.2, -0.15) is 0 Å². The van der Waals surface area contributed by atoms with Crippen LogP contribution in [0.5, 0.6) is 0 Å². The molecule has 1 atom stereocenters. The lowest BCUT2D eigenvalue weighted by Gasteiger charge is -2.32. The van der Waals surface area contributed by atoms with Gasteiger partial charge in [-0.15, -0.1) is 0 Å². The molecular weight excluding hydrogens is 168 g/mol. The van der Waals surface area contributed by atoms with Crippen molar-refractivity contribution >= 4 is 11.9 Å². The Kier molecular flexibility index (Phi) is 1.98. The maximum atomic E-state index is 11.6. The van der Waals surface area contributed by atoms with Crippen LogP contribution in [-0.4, -0.2) is 28.9 Å². The summed E-state index contributed by atoms with van der Waals surface area (Å²) in [6.07, 6.45) is 3.79. The number of hydrogen-bond acceptors (Lipinski definition) is 2. The summed E-state index contributed by atoms with van der Waals surface area (Å²) in [7, 11) is 0. The lowest BCUT2D eigenvalue weighted by atomic mass is 9.91. The maximum absolute atomic E-state index is 11.6. The number of imide groups is 1. The van der Waals surface area contributed by atoms with Crippen molar-refractivity contribution in [2.75, 3.05) is 0 Å². The van der Waals surface area contributed by atoms with E-state index in [0.29, 0.717) is 6.42 Å². The molecule has 1 aliphatic heterocycles. The summed E-state index contributed by atoms with van der Waals surface area (Å²) in [5, 5.41) is 2.69. The zero-order valence-corrected chi connectivity index (χ0v) is 7.75. The molecule has 2 fully saturated rings. The second kappa shape index (κ2) is 3.01. The molecule has 0 radical (unpaired) electrons. The predicted molar refractivity (Wildman–Crippen MR) is 47.1 cm³/mol. The number of carbonyl (C=O) groups excluding carboxylic acids is 2. The summed E-state index contributed by atoms with van der Waals surface area (Å²) >= 11 is 0. The van der Waals surface area contributed by atoms with Gasteiger partial charge in [-0.05, 0) is 25.7 Å². The van der Waals surface area contributed by atoms with Crippen LogP contribution in [-0.2, 0) is 4.79 Å². The van der Waals surface area contributed by atoms with Gasteiger partial charge in [0.15, 0.2) is 0 Å². The molecule has 0 aromatic rings. The van der Waals surface area contributed by atoms with E-state index >= 15 is 0 Å². The molecule has 3 amide bonds. The zero-order valence-electron chi connectivity index (χ0n) is 7.75. The highest BCUT2D eigenvalue weighted by Crippen LogP contribution is 2.27. The van der Waals surface area contributed by atoms with E-state index in [-0.39, 0.29) is 24.0 Å². The van der Waals surface area contributed by atoms with Gasteiger partial charge in [0.2, 0.25) is 0 Å². The lowest BCUT2D eigenvalue weighted by Crippen LogP contribution is -2.44. The van der Waals surface area contributed by atoms with Crippen LogP contribution in [0.25, 0.3) is 0 Å². The highest BCUT2D eigenvalue weighted by atomic mass is 16.2. The molecule has 1 aliphatic carbocycles. The van der Waals surface area contributed by atoms with Crippen LogP contribution in [0.2, 0.25) is 0 Å². The number of nitrogens with one attached hydrogen (secondary N) is 1. The molecule has 4 nitrogen and oxygen atoms in total. The fourth-order valence-corrected chi connectivity index (χ4v) is 1.82. The summed E-state index contributed by atoms with van der Waals surface area (Å²) in [5.74, 6) is -0.0304. The van der Waals surface area contributed by atoms with Crippen LogP contribution in [0, 0.1) is 0 Å². The van der Waals surface area contributed by atoms with Crippen LogP contribution in [0.15, 0.2) is 0 Å². The molecule has 72 valence electrons. The van der Waals surface area contributed by atoms with E-state index in [2.05, 4.69) is 5.32 Å². The smallest absolute Gasteiger partial charge is 0.325 e. The largest absolute Gasteiger partial charge is 0.326 e. The molecule has 2 rings (SSSR count). The summed E-state index contributed by atoms with van der Waals surface area (Å²) in [6, 6.07) is -0.279. The van der Waals surface area contributed by atoms with Crippen molar-refractivity contribution in [3.05, 3.63) is 0 Å². The van der Waals surface area contributed by atoms with Crippen molar-refractivity contribution in [3.63, 3.8) is 0 Å². The zero-order chi connectivity index (χ0) is 9.42. The number of nitrogens with zero attached hydrogens (tertiary/aromatic N) is 1. The molecule has 4 heteroatoms. The van der Waals surface area contributed by atoms with E-state index in [1.165, 1.54) is 4.90 Å². The molecule has 1 N–H and O–H groups in total. The topological polar surface area (TPSA) is 49.4 Å². The van der Waals surface area contributed by atoms with E-state index in [4.69, 9.17) is 0 Å². The second-order valence-electron chi connectivity index (χ2n) is 3.70. The molecule has 0 spiro atoms. The average molecular weight is 182 g/mol. The van der Waals surface area contributed by atoms with E-state index in [9.17, 15) is 9.59 Å². The summed E-state index contributed by atoms with van der Waals surface area (Å²) in [5.41, 5.74) is 0. The van der Waals surface area contributed by atoms with E-state index < -0.39 is 0 Å². The predicted octanol–water partition coefficient (Wildman–Crippen LogP) is 0.869. The number of carbonyl (C=O) groups is 2. The van der Waals surface area contributed by atoms with Crippen molar-refractivity contribution in [2.24, 2.45) is 0 Å². The molecular formula is C9H14N2O2. The Bertz CT molecular complexity index is 248. The first kappa shape index (κ1) is 8.53. The number of hydrogen-bond donors (Lipinski definition) is 1. The van der Waals surface area contributed by atoms with E-state index in [0.717, 1.165) is 19.3 Å². The Morgan fingerprint density at radius 1 is 1.46 bits per heavy atom. The Labute approximate surface area is 77.3 Å². The number of urea groups is 1. The lowest BCUT2D eigenvalue weighted by molar-refractivity contribution is -0.130. The number of rotatable bonds is 2. The molecule has 0 bridgehead atoms. The molecule has 1 saturated heterocycles.